The molecule has 4 N–H and O–H groups in total. The third-order valence-corrected chi connectivity index (χ3v) is 8.77. The van der Waals surface area contributed by atoms with Crippen LogP contribution in [0, 0.1) is 0 Å². The van der Waals surface area contributed by atoms with Crippen molar-refractivity contribution in [2.45, 2.75) is 0 Å². The van der Waals surface area contributed by atoms with Crippen molar-refractivity contribution in [1.29, 1.82) is 0 Å². The Labute approximate surface area is 76.3 Å². The van der Waals surface area contributed by atoms with Gasteiger partial charge in [-0.15, -0.1) is 0 Å². The fourth-order valence-electron chi connectivity index (χ4n) is 0.634. The Morgan fingerprint density at radius 2 is 0.769 bits per heavy atom. The maximum absolute atomic E-state index is 10.3. The summed E-state index contributed by atoms with van der Waals surface area (Å²) in [5.41, 5.74) is 0. The normalized spacial score (nSPS) is 10.5. The third-order valence-electron chi connectivity index (χ3n) is 1.48. The van der Waals surface area contributed by atoms with Gasteiger partial charge in [0.15, 0.2) is 0 Å². The molecule has 0 bridgehead atoms. The summed E-state index contributed by atoms with van der Waals surface area (Å²) in [6, 6.07) is 0. The molecule has 0 atom stereocenters. The Balaban J connectivity index is 5.60. The van der Waals surface area contributed by atoms with Crippen LogP contribution in [-0.2, 0) is 25.7 Å². The minimum atomic E-state index is -6.38. The molecule has 0 aliphatic carbocycles. The van der Waals surface area contributed by atoms with Gasteiger partial charge in [-0.1, -0.05) is 0 Å². The second-order valence-electron chi connectivity index (χ2n) is 2.22. The summed E-state index contributed by atoms with van der Waals surface area (Å²) in [5, 5.41) is 33.2. The van der Waals surface area contributed by atoms with E-state index in [0.29, 0.717) is 0 Å². The minimum absolute atomic E-state index is 2.24. The van der Waals surface area contributed by atoms with Crippen LogP contribution in [0.25, 0.3) is 0 Å². The Hall–Kier alpha value is -1.02. The number of hydrogen-bond acceptors (Lipinski definition) is 4. The van der Waals surface area contributed by atoms with Crippen LogP contribution in [0.1, 0.15) is 0 Å². The summed E-state index contributed by atoms with van der Waals surface area (Å²) >= 11 is -6.38. The molecule has 0 aliphatic rings. The van der Waals surface area contributed by atoms with Crippen LogP contribution >= 0.6 is 0 Å². The quantitative estimate of drug-likeness (QED) is 0.586. The zero-order valence-electron chi connectivity index (χ0n) is 6.00. The zero-order valence-corrected chi connectivity index (χ0v) is 8.84. The monoisotopic (exact) mass is 269 g/mol. The standard InChI is InChI=1S/4CHO2.Y/c4*2-1-3;/h4*(H,2,3);. The molecule has 0 fully saturated rings. The first-order valence-electron chi connectivity index (χ1n) is 2.87. The topological polar surface area (TPSA) is 149 Å². The van der Waals surface area contributed by atoms with Crippen LogP contribution < -0.4 is 0 Å². The van der Waals surface area contributed by atoms with Gasteiger partial charge >= 0.3 is 76.4 Å². The molecule has 0 unspecified atom stereocenters. The number of carbonyl (C=O) groups is 4. The van der Waals surface area contributed by atoms with Gasteiger partial charge in [0.2, 0.25) is 0 Å². The Kier molecular flexibility index (Phi) is 3.50. The SMILES string of the molecule is O=[C](O)[Y]([C](=O)O)([C](=O)O)[C](=O)O. The molecule has 0 spiro atoms. The first-order valence-corrected chi connectivity index (χ1v) is 8.54. The van der Waals surface area contributed by atoms with Crippen LogP contribution in [-0.4, -0.2) is 31.5 Å². The molecular weight excluding hydrogens is 265 g/mol. The van der Waals surface area contributed by atoms with Gasteiger partial charge in [-0.3, -0.25) is 0 Å². The number of carboxylic acid groups (broad SMARTS) is 4. The summed E-state index contributed by atoms with van der Waals surface area (Å²) in [6.07, 6.45) is 0. The van der Waals surface area contributed by atoms with Gasteiger partial charge in [0.05, 0.1) is 0 Å². The number of rotatable bonds is 4. The van der Waals surface area contributed by atoms with Gasteiger partial charge < -0.3 is 0 Å². The van der Waals surface area contributed by atoms with Gasteiger partial charge in [0.25, 0.3) is 0 Å². The molecule has 0 rings (SSSR count). The van der Waals surface area contributed by atoms with Crippen molar-refractivity contribution in [2.75, 3.05) is 0 Å². The van der Waals surface area contributed by atoms with Crippen LogP contribution in [0.5, 0.6) is 0 Å². The van der Waals surface area contributed by atoms with E-state index in [1.165, 1.54) is 0 Å². The average molecular weight is 269 g/mol. The summed E-state index contributed by atoms with van der Waals surface area (Å²) < 4.78 is -8.95. The molecule has 0 saturated carbocycles. The van der Waals surface area contributed by atoms with Crippen molar-refractivity contribution in [3.05, 3.63) is 0 Å². The first kappa shape index (κ1) is 12.0. The summed E-state index contributed by atoms with van der Waals surface area (Å²) in [6.45, 7) is 0. The fraction of sp³-hybridized carbons (Fsp3) is 0. The molecule has 13 heavy (non-hydrogen) atoms. The first-order chi connectivity index (χ1) is 5.77. The van der Waals surface area contributed by atoms with Gasteiger partial charge in [-0.05, 0) is 0 Å². The predicted molar refractivity (Wildman–Crippen MR) is 32.1 cm³/mol. The van der Waals surface area contributed by atoms with Crippen LogP contribution in [0.2, 0.25) is 0 Å². The predicted octanol–water partition coefficient (Wildman–Crippen LogP) is 0.852. The van der Waals surface area contributed by atoms with E-state index in [1.807, 2.05) is 0 Å². The molecule has 0 aromatic heterocycles. The molecular formula is C4H4O8Y. The summed E-state index contributed by atoms with van der Waals surface area (Å²) in [7, 11) is 0. The van der Waals surface area contributed by atoms with Crippen molar-refractivity contribution in [3.63, 3.8) is 0 Å². The number of hydrogen-bond donors (Lipinski definition) is 4. The van der Waals surface area contributed by atoms with Crippen LogP contribution in [0.3, 0.4) is 0 Å². The van der Waals surface area contributed by atoms with E-state index in [2.05, 4.69) is 0 Å². The van der Waals surface area contributed by atoms with Gasteiger partial charge in [-0.2, -0.15) is 0 Å². The van der Waals surface area contributed by atoms with Gasteiger partial charge in [0.1, 0.15) is 0 Å². The molecule has 0 saturated heterocycles. The van der Waals surface area contributed by atoms with E-state index in [9.17, 15) is 19.2 Å². The second kappa shape index (κ2) is 3.80. The van der Waals surface area contributed by atoms with E-state index in [-0.39, 0.29) is 0 Å². The van der Waals surface area contributed by atoms with E-state index in [0.717, 1.165) is 0 Å². The Morgan fingerprint density at radius 3 is 0.769 bits per heavy atom. The molecule has 0 radical (unpaired) electrons. The molecule has 9 heteroatoms. The van der Waals surface area contributed by atoms with Crippen molar-refractivity contribution < 1.29 is 65.3 Å². The fourth-order valence-corrected chi connectivity index (χ4v) is 3.75. The maximum atomic E-state index is 10.3. The second-order valence-corrected chi connectivity index (χ2v) is 11.3. The van der Waals surface area contributed by atoms with Crippen molar-refractivity contribution in [1.82, 2.24) is 0 Å². The molecule has 0 amide bonds. The van der Waals surface area contributed by atoms with E-state index < -0.39 is 36.8 Å². The molecule has 8 nitrogen and oxygen atoms in total. The van der Waals surface area contributed by atoms with Crippen LogP contribution in [0.4, 0.5) is 19.2 Å². The van der Waals surface area contributed by atoms with E-state index >= 15 is 0 Å². The molecule has 71 valence electrons. The van der Waals surface area contributed by atoms with E-state index in [1.54, 1.807) is 0 Å². The van der Waals surface area contributed by atoms with Crippen molar-refractivity contribution in [2.24, 2.45) is 0 Å². The summed E-state index contributed by atoms with van der Waals surface area (Å²) in [5.74, 6) is 0. The Bertz CT molecular complexity index is 231. The molecule has 0 aromatic rings. The van der Waals surface area contributed by atoms with Gasteiger partial charge in [0, 0.05) is 0 Å². The third kappa shape index (κ3) is 1.68. The van der Waals surface area contributed by atoms with Gasteiger partial charge in [-0.25, -0.2) is 0 Å². The molecule has 0 aliphatic heterocycles. The summed E-state index contributed by atoms with van der Waals surface area (Å²) in [4.78, 5) is 41.2. The van der Waals surface area contributed by atoms with E-state index in [4.69, 9.17) is 20.4 Å². The zero-order chi connectivity index (χ0) is 10.8. The average Bonchev–Trinajstić information content (AvgIpc) is 1.82. The van der Waals surface area contributed by atoms with Crippen molar-refractivity contribution >= 4 is 11.1 Å². The molecule has 0 aromatic carbocycles. The molecule has 0 heterocycles. The van der Waals surface area contributed by atoms with Crippen LogP contribution in [0.15, 0.2) is 0 Å². The Morgan fingerprint density at radius 1 is 0.615 bits per heavy atom. The van der Waals surface area contributed by atoms with Crippen molar-refractivity contribution in [3.8, 4) is 0 Å².